The van der Waals surface area contributed by atoms with Gasteiger partial charge in [0.05, 0.1) is 0 Å². The van der Waals surface area contributed by atoms with Crippen LogP contribution in [0.3, 0.4) is 0 Å². The lowest BCUT2D eigenvalue weighted by atomic mass is 8.92. The first-order valence-corrected chi connectivity index (χ1v) is 13.9. The van der Waals surface area contributed by atoms with Crippen LogP contribution in [0, 0.1) is 82.7 Å². The van der Waals surface area contributed by atoms with Crippen LogP contribution < -0.4 is 0 Å². The highest BCUT2D eigenvalue weighted by molar-refractivity contribution is 5.58. The maximum Gasteiger partial charge on any atom is -0.0131 e. The summed E-state index contributed by atoms with van der Waals surface area (Å²) in [5.74, 6) is 2.45. The average molecular weight is 439 g/mol. The maximum atomic E-state index is 2.83. The van der Waals surface area contributed by atoms with Crippen LogP contribution in [0.25, 0.3) is 0 Å². The molecule has 6 aliphatic carbocycles. The van der Waals surface area contributed by atoms with E-state index in [2.05, 4.69) is 118 Å². The highest BCUT2D eigenvalue weighted by atomic mass is 15.2. The molecule has 6 fully saturated rings. The third-order valence-electron chi connectivity index (χ3n) is 20.4. The minimum atomic E-state index is 0.320. The molecule has 0 N–H and O–H groups in total. The summed E-state index contributed by atoms with van der Waals surface area (Å²) in [7, 11) is 0. The van der Waals surface area contributed by atoms with Gasteiger partial charge >= 0.3 is 0 Å². The molecule has 32 heavy (non-hydrogen) atoms. The summed E-state index contributed by atoms with van der Waals surface area (Å²) in [6, 6.07) is 0. The first-order chi connectivity index (χ1) is 13.9. The number of rotatable bonds is 0. The molecule has 0 spiro atoms. The molecule has 0 aromatic carbocycles. The Hall–Kier alpha value is 0. The van der Waals surface area contributed by atoms with E-state index in [0.29, 0.717) is 65.0 Å². The van der Waals surface area contributed by atoms with Crippen LogP contribution in [0.15, 0.2) is 0 Å². The molecule has 6 rings (SSSR count). The minimum Gasteiger partial charge on any atom is -0.0616 e. The van der Waals surface area contributed by atoms with Crippen molar-refractivity contribution in [3.05, 3.63) is 0 Å². The molecule has 0 nitrogen and oxygen atoms in total. The van der Waals surface area contributed by atoms with Gasteiger partial charge in [0.1, 0.15) is 0 Å². The predicted octanol–water partition coefficient (Wildman–Crippen LogP) is 9.09. The molecular weight excluding hydrogens is 384 g/mol. The molecule has 0 heterocycles. The van der Waals surface area contributed by atoms with E-state index in [1.807, 2.05) is 0 Å². The van der Waals surface area contributed by atoms with Crippen molar-refractivity contribution >= 4 is 0 Å². The lowest BCUT2D eigenvalue weighted by molar-refractivity contribution is -0.653. The standard InChI is InChI=1S/C32H54/c1-18-20-19(2)25(10)26(20,11)23(7,8)24(18,9)29(14)30(25,15)32(17)28(13)22(5,6)21(3,4)27(28,12)31(29,32)16/h18-20H,1-17H3. The minimum absolute atomic E-state index is 0.320. The van der Waals surface area contributed by atoms with E-state index in [1.165, 1.54) is 0 Å². The van der Waals surface area contributed by atoms with E-state index in [4.69, 9.17) is 0 Å². The maximum absolute atomic E-state index is 2.83. The van der Waals surface area contributed by atoms with Gasteiger partial charge in [-0.2, -0.15) is 0 Å². The van der Waals surface area contributed by atoms with E-state index in [0.717, 1.165) is 17.8 Å². The Balaban J connectivity index is 1.78. The Morgan fingerprint density at radius 2 is 0.625 bits per heavy atom. The number of fused-ring (bicyclic) bond motifs is 10. The number of hydrogen-bond donors (Lipinski definition) is 0. The molecule has 0 amide bonds. The normalized spacial score (nSPS) is 74.7. The largest absolute Gasteiger partial charge is 0.0616 e. The van der Waals surface area contributed by atoms with Gasteiger partial charge in [-0.25, -0.2) is 0 Å². The van der Waals surface area contributed by atoms with Crippen molar-refractivity contribution in [2.45, 2.75) is 118 Å². The Kier molecular flexibility index (Phi) is 2.99. The smallest absolute Gasteiger partial charge is 0.0131 e. The lowest BCUT2D eigenvalue weighted by Crippen LogP contribution is -3.08. The van der Waals surface area contributed by atoms with E-state index in [1.54, 1.807) is 0 Å². The zero-order valence-electron chi connectivity index (χ0n) is 24.7. The summed E-state index contributed by atoms with van der Waals surface area (Å²) in [5.41, 5.74) is 4.24. The topological polar surface area (TPSA) is 0 Å². The second-order valence-electron chi connectivity index (χ2n) is 17.3. The Labute approximate surface area is 200 Å². The van der Waals surface area contributed by atoms with Crippen LogP contribution in [-0.2, 0) is 0 Å². The molecule has 0 heteroatoms. The summed E-state index contributed by atoms with van der Waals surface area (Å²) < 4.78 is 0. The van der Waals surface area contributed by atoms with Crippen LogP contribution in [0.4, 0.5) is 0 Å². The number of hydrogen-bond acceptors (Lipinski definition) is 0. The van der Waals surface area contributed by atoms with Crippen molar-refractivity contribution in [3.8, 4) is 0 Å². The molecule has 182 valence electrons. The SMILES string of the molecule is CC1C2C(C)C3(C)C2(C)C(C)(C)C1(C)C1(C)C3(C)C2(C)C3(C)C(C)(C)C(C)(C)C3(C)C12C. The predicted molar refractivity (Wildman–Crippen MR) is 136 cm³/mol. The molecule has 6 saturated carbocycles. The van der Waals surface area contributed by atoms with Crippen LogP contribution in [0.2, 0.25) is 0 Å². The molecule has 2 bridgehead atoms. The van der Waals surface area contributed by atoms with Crippen molar-refractivity contribution in [1.82, 2.24) is 0 Å². The quantitative estimate of drug-likeness (QED) is 0.354. The van der Waals surface area contributed by atoms with Gasteiger partial charge < -0.3 is 0 Å². The van der Waals surface area contributed by atoms with Crippen LogP contribution in [0.5, 0.6) is 0 Å². The highest BCUT2D eigenvalue weighted by Crippen LogP contribution is 3.16. The lowest BCUT2D eigenvalue weighted by Gasteiger charge is -3.11. The molecule has 6 aliphatic rings. The Morgan fingerprint density at radius 3 is 1.00 bits per heavy atom. The fourth-order valence-corrected chi connectivity index (χ4v) is 17.7. The van der Waals surface area contributed by atoms with Crippen molar-refractivity contribution in [2.24, 2.45) is 82.7 Å². The third kappa shape index (κ3) is 0.973. The van der Waals surface area contributed by atoms with Crippen LogP contribution in [0.1, 0.15) is 118 Å². The van der Waals surface area contributed by atoms with Gasteiger partial charge in [-0.1, -0.05) is 118 Å². The summed E-state index contributed by atoms with van der Waals surface area (Å²) >= 11 is 0. The van der Waals surface area contributed by atoms with E-state index < -0.39 is 0 Å². The molecule has 0 saturated heterocycles. The van der Waals surface area contributed by atoms with Gasteiger partial charge in [0.2, 0.25) is 0 Å². The van der Waals surface area contributed by atoms with Crippen LogP contribution in [-0.4, -0.2) is 0 Å². The van der Waals surface area contributed by atoms with Crippen molar-refractivity contribution in [1.29, 1.82) is 0 Å². The van der Waals surface area contributed by atoms with Gasteiger partial charge in [0.25, 0.3) is 0 Å². The van der Waals surface area contributed by atoms with Crippen molar-refractivity contribution < 1.29 is 0 Å². The molecule has 12 atom stereocenters. The van der Waals surface area contributed by atoms with E-state index >= 15 is 0 Å². The van der Waals surface area contributed by atoms with Gasteiger partial charge in [-0.3, -0.25) is 0 Å². The van der Waals surface area contributed by atoms with Crippen LogP contribution >= 0.6 is 0 Å². The monoisotopic (exact) mass is 438 g/mol. The van der Waals surface area contributed by atoms with Gasteiger partial charge in [-0.15, -0.1) is 0 Å². The zero-order valence-corrected chi connectivity index (χ0v) is 24.7. The van der Waals surface area contributed by atoms with Crippen molar-refractivity contribution in [2.75, 3.05) is 0 Å². The summed E-state index contributed by atoms with van der Waals surface area (Å²) in [6.07, 6.45) is 0. The van der Waals surface area contributed by atoms with Gasteiger partial charge in [-0.05, 0) is 82.7 Å². The summed E-state index contributed by atoms with van der Waals surface area (Å²) in [5, 5.41) is 0. The third-order valence-corrected chi connectivity index (χ3v) is 20.4. The first kappa shape index (κ1) is 22.5. The highest BCUT2D eigenvalue weighted by Gasteiger charge is 3.12. The van der Waals surface area contributed by atoms with E-state index in [-0.39, 0.29) is 0 Å². The molecule has 0 radical (unpaired) electrons. The van der Waals surface area contributed by atoms with Gasteiger partial charge in [0.15, 0.2) is 0 Å². The van der Waals surface area contributed by atoms with E-state index in [9.17, 15) is 0 Å². The first-order valence-electron chi connectivity index (χ1n) is 13.9. The second kappa shape index (κ2) is 4.25. The fraction of sp³-hybridized carbons (Fsp3) is 1.00. The molecule has 0 aliphatic heterocycles. The molecule has 0 aromatic heterocycles. The van der Waals surface area contributed by atoms with Gasteiger partial charge in [0, 0.05) is 0 Å². The fourth-order valence-electron chi connectivity index (χ4n) is 17.7. The molecule has 0 aromatic rings. The Bertz CT molecular complexity index is 1020. The Morgan fingerprint density at radius 1 is 0.312 bits per heavy atom. The van der Waals surface area contributed by atoms with Crippen molar-refractivity contribution in [3.63, 3.8) is 0 Å². The summed E-state index contributed by atoms with van der Waals surface area (Å²) in [6.45, 7) is 46.3. The second-order valence-corrected chi connectivity index (χ2v) is 17.3. The molecular formula is C32H54. The molecule has 12 unspecified atom stereocenters. The summed E-state index contributed by atoms with van der Waals surface area (Å²) in [4.78, 5) is 0. The average Bonchev–Trinajstić information content (AvgIpc) is 2.78. The zero-order chi connectivity index (χ0) is 24.7.